The van der Waals surface area contributed by atoms with E-state index in [0.717, 1.165) is 28.3 Å². The molecule has 0 saturated carbocycles. The zero-order valence-corrected chi connectivity index (χ0v) is 14.0. The first kappa shape index (κ1) is 16.0. The van der Waals surface area contributed by atoms with E-state index in [9.17, 15) is 9.59 Å². The Bertz CT molecular complexity index is 937. The molecule has 4 nitrogen and oxygen atoms in total. The Hall–Kier alpha value is -2.88. The number of carbonyl (C=O) groups is 2. The molecule has 3 aromatic rings. The number of hydrogen-bond donors (Lipinski definition) is 0. The van der Waals surface area contributed by atoms with Gasteiger partial charge >= 0.3 is 0 Å². The topological polar surface area (TPSA) is 48.3 Å². The van der Waals surface area contributed by atoms with Crippen molar-refractivity contribution in [3.63, 3.8) is 0 Å². The summed E-state index contributed by atoms with van der Waals surface area (Å²) in [4.78, 5) is 23.9. The normalized spacial score (nSPS) is 10.8. The summed E-state index contributed by atoms with van der Waals surface area (Å²) in [6, 6.07) is 11.2. The molecule has 0 radical (unpaired) electrons. The van der Waals surface area contributed by atoms with Gasteiger partial charge in [-0.25, -0.2) is 0 Å². The van der Waals surface area contributed by atoms with E-state index in [-0.39, 0.29) is 12.3 Å². The van der Waals surface area contributed by atoms with Gasteiger partial charge in [0.1, 0.15) is 5.75 Å². The largest absolute Gasteiger partial charge is 0.497 e. The lowest BCUT2D eigenvalue weighted by atomic mass is 10.0. The van der Waals surface area contributed by atoms with Crippen molar-refractivity contribution < 1.29 is 14.3 Å². The summed E-state index contributed by atoms with van der Waals surface area (Å²) in [6.07, 6.45) is 2.52. The fourth-order valence-corrected chi connectivity index (χ4v) is 2.82. The number of aldehydes is 1. The number of hydrogen-bond acceptors (Lipinski definition) is 3. The number of aromatic nitrogens is 1. The Morgan fingerprint density at radius 1 is 1.12 bits per heavy atom. The van der Waals surface area contributed by atoms with Gasteiger partial charge in [-0.05, 0) is 49.2 Å². The molecule has 0 aliphatic rings. The summed E-state index contributed by atoms with van der Waals surface area (Å²) in [7, 11) is 1.59. The van der Waals surface area contributed by atoms with Gasteiger partial charge in [-0.1, -0.05) is 12.1 Å². The smallest absolute Gasteiger partial charge is 0.182 e. The summed E-state index contributed by atoms with van der Waals surface area (Å²) in [5.41, 5.74) is 4.33. The molecule has 0 unspecified atom stereocenters. The molecule has 0 aliphatic heterocycles. The Kier molecular flexibility index (Phi) is 4.21. The Balaban J connectivity index is 1.98. The number of carbonyl (C=O) groups excluding carboxylic acids is 2. The molecular weight excluding hydrogens is 302 g/mol. The molecule has 1 heterocycles. The molecule has 4 heteroatoms. The van der Waals surface area contributed by atoms with Crippen LogP contribution in [0.2, 0.25) is 0 Å². The summed E-state index contributed by atoms with van der Waals surface area (Å²) < 4.78 is 7.03. The molecule has 0 N–H and O–H groups in total. The average Bonchev–Trinajstić information content (AvgIpc) is 2.94. The Morgan fingerprint density at radius 3 is 2.58 bits per heavy atom. The van der Waals surface area contributed by atoms with E-state index in [4.69, 9.17) is 4.74 Å². The fourth-order valence-electron chi connectivity index (χ4n) is 2.82. The van der Waals surface area contributed by atoms with Crippen LogP contribution in [-0.2, 0) is 6.54 Å². The summed E-state index contributed by atoms with van der Waals surface area (Å²) in [5, 5.41) is 0.789. The predicted octanol–water partition coefficient (Wildman–Crippen LogP) is 3.96. The second-order valence-corrected chi connectivity index (χ2v) is 5.94. The van der Waals surface area contributed by atoms with Crippen LogP contribution < -0.4 is 4.74 Å². The van der Waals surface area contributed by atoms with Gasteiger partial charge in [0, 0.05) is 28.2 Å². The van der Waals surface area contributed by atoms with E-state index in [1.54, 1.807) is 13.3 Å². The highest BCUT2D eigenvalue weighted by atomic mass is 16.5. The highest BCUT2D eigenvalue weighted by molar-refractivity contribution is 6.01. The van der Waals surface area contributed by atoms with Gasteiger partial charge in [0.25, 0.3) is 0 Å². The van der Waals surface area contributed by atoms with E-state index < -0.39 is 0 Å². The van der Waals surface area contributed by atoms with Gasteiger partial charge in [0.2, 0.25) is 0 Å². The standard InChI is InChI=1S/C20H19NO3/c1-13-4-5-15(8-14(13)2)20(23)11-21-10-16(12-22)18-9-17(24-3)6-7-19(18)21/h4-10,12H,11H2,1-3H3. The number of nitrogens with zero attached hydrogens (tertiary/aromatic N) is 1. The molecule has 0 saturated heterocycles. The maximum atomic E-state index is 12.6. The Labute approximate surface area is 140 Å². The molecule has 1 aromatic heterocycles. The first-order valence-electron chi connectivity index (χ1n) is 7.76. The van der Waals surface area contributed by atoms with Gasteiger partial charge in [0.05, 0.1) is 13.7 Å². The summed E-state index contributed by atoms with van der Waals surface area (Å²) in [6.45, 7) is 4.21. The Morgan fingerprint density at radius 2 is 1.92 bits per heavy atom. The van der Waals surface area contributed by atoms with Gasteiger partial charge < -0.3 is 9.30 Å². The molecular formula is C20H19NO3. The number of rotatable bonds is 5. The van der Waals surface area contributed by atoms with Crippen LogP contribution in [-0.4, -0.2) is 23.7 Å². The molecule has 2 aromatic carbocycles. The summed E-state index contributed by atoms with van der Waals surface area (Å²) >= 11 is 0. The lowest BCUT2D eigenvalue weighted by Crippen LogP contribution is -2.10. The monoisotopic (exact) mass is 321 g/mol. The maximum Gasteiger partial charge on any atom is 0.182 e. The second kappa shape index (κ2) is 6.32. The zero-order chi connectivity index (χ0) is 17.3. The fraction of sp³-hybridized carbons (Fsp3) is 0.200. The third kappa shape index (κ3) is 2.83. The third-order valence-electron chi connectivity index (χ3n) is 4.39. The molecule has 0 amide bonds. The molecule has 0 fully saturated rings. The van der Waals surface area contributed by atoms with E-state index >= 15 is 0 Å². The third-order valence-corrected chi connectivity index (χ3v) is 4.39. The average molecular weight is 321 g/mol. The molecule has 0 bridgehead atoms. The van der Waals surface area contributed by atoms with Crippen molar-refractivity contribution in [3.8, 4) is 5.75 Å². The van der Waals surface area contributed by atoms with Crippen molar-refractivity contribution in [2.24, 2.45) is 0 Å². The highest BCUT2D eigenvalue weighted by Gasteiger charge is 2.13. The summed E-state index contributed by atoms with van der Waals surface area (Å²) in [5.74, 6) is 0.701. The minimum atomic E-state index is 0.0169. The molecule has 122 valence electrons. The number of ketones is 1. The van der Waals surface area contributed by atoms with Gasteiger partial charge in [-0.3, -0.25) is 9.59 Å². The molecule has 24 heavy (non-hydrogen) atoms. The SMILES string of the molecule is COc1ccc2c(c1)c(C=O)cn2CC(=O)c1ccc(C)c(C)c1. The quantitative estimate of drug-likeness (QED) is 0.528. The number of ether oxygens (including phenoxy) is 1. The van der Waals surface area contributed by atoms with Gasteiger partial charge in [-0.2, -0.15) is 0 Å². The predicted molar refractivity (Wildman–Crippen MR) is 94.1 cm³/mol. The van der Waals surface area contributed by atoms with E-state index in [2.05, 4.69) is 0 Å². The van der Waals surface area contributed by atoms with Crippen LogP contribution in [0.5, 0.6) is 5.75 Å². The number of Topliss-reactive ketones (excluding diaryl/α,β-unsaturated/α-hetero) is 1. The van der Waals surface area contributed by atoms with E-state index in [1.807, 2.05) is 54.8 Å². The lowest BCUT2D eigenvalue weighted by Gasteiger charge is -2.07. The zero-order valence-electron chi connectivity index (χ0n) is 14.0. The van der Waals surface area contributed by atoms with Crippen molar-refractivity contribution in [3.05, 3.63) is 64.8 Å². The van der Waals surface area contributed by atoms with Crippen molar-refractivity contribution in [2.75, 3.05) is 7.11 Å². The maximum absolute atomic E-state index is 12.6. The van der Waals surface area contributed by atoms with Gasteiger partial charge in [-0.15, -0.1) is 0 Å². The van der Waals surface area contributed by atoms with Crippen LogP contribution in [0.25, 0.3) is 10.9 Å². The first-order chi connectivity index (χ1) is 11.5. The van der Waals surface area contributed by atoms with Crippen molar-refractivity contribution >= 4 is 23.0 Å². The van der Waals surface area contributed by atoms with Crippen LogP contribution in [0.1, 0.15) is 31.8 Å². The van der Waals surface area contributed by atoms with Crippen LogP contribution in [0, 0.1) is 13.8 Å². The minimum absolute atomic E-state index is 0.0169. The van der Waals surface area contributed by atoms with E-state index in [0.29, 0.717) is 16.9 Å². The number of methoxy groups -OCH3 is 1. The molecule has 3 rings (SSSR count). The highest BCUT2D eigenvalue weighted by Crippen LogP contribution is 2.25. The van der Waals surface area contributed by atoms with Crippen molar-refractivity contribution in [1.82, 2.24) is 4.57 Å². The molecule has 0 atom stereocenters. The van der Waals surface area contributed by atoms with Gasteiger partial charge in [0.15, 0.2) is 12.1 Å². The minimum Gasteiger partial charge on any atom is -0.497 e. The number of aryl methyl sites for hydroxylation is 2. The van der Waals surface area contributed by atoms with Crippen molar-refractivity contribution in [1.29, 1.82) is 0 Å². The van der Waals surface area contributed by atoms with Crippen LogP contribution >= 0.6 is 0 Å². The lowest BCUT2D eigenvalue weighted by molar-refractivity contribution is 0.0972. The first-order valence-corrected chi connectivity index (χ1v) is 7.76. The second-order valence-electron chi connectivity index (χ2n) is 5.94. The number of benzene rings is 2. The van der Waals surface area contributed by atoms with Crippen LogP contribution in [0.4, 0.5) is 0 Å². The van der Waals surface area contributed by atoms with E-state index in [1.165, 1.54) is 0 Å². The number of fused-ring (bicyclic) bond motifs is 1. The van der Waals surface area contributed by atoms with Crippen molar-refractivity contribution in [2.45, 2.75) is 20.4 Å². The van der Waals surface area contributed by atoms with Crippen LogP contribution in [0.15, 0.2) is 42.6 Å². The molecule has 0 aliphatic carbocycles. The molecule has 0 spiro atoms. The van der Waals surface area contributed by atoms with Crippen LogP contribution in [0.3, 0.4) is 0 Å².